The fourth-order valence-corrected chi connectivity index (χ4v) is 3.36. The van der Waals surface area contributed by atoms with Crippen LogP contribution in [0.1, 0.15) is 13.8 Å². The highest BCUT2D eigenvalue weighted by atomic mass is 79.9. The van der Waals surface area contributed by atoms with Crippen LogP contribution in [0.3, 0.4) is 0 Å². The number of halogens is 3. The molecule has 0 bridgehead atoms. The predicted molar refractivity (Wildman–Crippen MR) is 64.5 cm³/mol. The largest absolute Gasteiger partial charge is 0.272 e. The first-order valence-corrected chi connectivity index (χ1v) is 7.08. The maximum Gasteiger partial charge on any atom is 0.263 e. The zero-order valence-corrected chi connectivity index (χ0v) is 11.8. The summed E-state index contributed by atoms with van der Waals surface area (Å²) in [7, 11) is -3.99. The number of benzene rings is 1. The van der Waals surface area contributed by atoms with Gasteiger partial charge in [-0.05, 0) is 35.8 Å². The third kappa shape index (κ3) is 1.51. The molecule has 98 valence electrons. The Morgan fingerprint density at radius 3 is 2.28 bits per heavy atom. The van der Waals surface area contributed by atoms with Crippen LogP contribution in [0.15, 0.2) is 16.6 Å². The number of hydrogen-bond donors (Lipinski definition) is 0. The Balaban J connectivity index is 2.60. The SMILES string of the molecule is CC1(C)C(=O)N(c2cc(F)c(Br)cc2F)S1(=O)=O. The van der Waals surface area contributed by atoms with E-state index in [1.165, 1.54) is 13.8 Å². The van der Waals surface area contributed by atoms with Gasteiger partial charge in [0.15, 0.2) is 4.75 Å². The molecule has 0 spiro atoms. The topological polar surface area (TPSA) is 54.5 Å². The number of hydrogen-bond acceptors (Lipinski definition) is 3. The lowest BCUT2D eigenvalue weighted by atomic mass is 10.1. The van der Waals surface area contributed by atoms with Gasteiger partial charge in [-0.15, -0.1) is 0 Å². The molecule has 0 N–H and O–H groups in total. The molecule has 0 unspecified atom stereocenters. The lowest BCUT2D eigenvalue weighted by molar-refractivity contribution is -0.120. The number of sulfonamides is 1. The lowest BCUT2D eigenvalue weighted by Gasteiger charge is -2.42. The maximum atomic E-state index is 13.6. The van der Waals surface area contributed by atoms with E-state index >= 15 is 0 Å². The lowest BCUT2D eigenvalue weighted by Crippen LogP contribution is -2.67. The molecule has 1 heterocycles. The van der Waals surface area contributed by atoms with Crippen molar-refractivity contribution in [1.82, 2.24) is 0 Å². The third-order valence-corrected chi connectivity index (χ3v) is 5.71. The fourth-order valence-electron chi connectivity index (χ4n) is 1.56. The van der Waals surface area contributed by atoms with Crippen molar-refractivity contribution in [2.75, 3.05) is 4.31 Å². The van der Waals surface area contributed by atoms with E-state index in [1.54, 1.807) is 0 Å². The summed E-state index contributed by atoms with van der Waals surface area (Å²) < 4.78 is 49.1. The summed E-state index contributed by atoms with van der Waals surface area (Å²) in [5, 5.41) is 0. The number of carbonyl (C=O) groups is 1. The minimum atomic E-state index is -3.99. The van der Waals surface area contributed by atoms with Gasteiger partial charge in [-0.2, -0.15) is 0 Å². The molecule has 4 nitrogen and oxygen atoms in total. The molecule has 1 saturated heterocycles. The van der Waals surface area contributed by atoms with Gasteiger partial charge in [0, 0.05) is 6.07 Å². The van der Waals surface area contributed by atoms with Gasteiger partial charge in [0.1, 0.15) is 11.6 Å². The summed E-state index contributed by atoms with van der Waals surface area (Å²) in [6.45, 7) is 2.43. The van der Waals surface area contributed by atoms with E-state index in [2.05, 4.69) is 15.9 Å². The summed E-state index contributed by atoms with van der Waals surface area (Å²) in [6, 6.07) is 1.45. The van der Waals surface area contributed by atoms with Crippen molar-refractivity contribution in [2.45, 2.75) is 18.6 Å². The smallest absolute Gasteiger partial charge is 0.263 e. The van der Waals surface area contributed by atoms with Crippen LogP contribution in [0.5, 0.6) is 0 Å². The van der Waals surface area contributed by atoms with Crippen molar-refractivity contribution in [1.29, 1.82) is 0 Å². The van der Waals surface area contributed by atoms with Gasteiger partial charge in [-0.3, -0.25) is 4.79 Å². The van der Waals surface area contributed by atoms with Crippen molar-refractivity contribution in [2.24, 2.45) is 0 Å². The minimum Gasteiger partial charge on any atom is -0.272 e. The number of amides is 1. The average Bonchev–Trinajstić information content (AvgIpc) is 2.25. The number of rotatable bonds is 1. The van der Waals surface area contributed by atoms with Gasteiger partial charge in [-0.1, -0.05) is 0 Å². The first kappa shape index (κ1) is 13.4. The normalized spacial score (nSPS) is 20.7. The van der Waals surface area contributed by atoms with Crippen molar-refractivity contribution >= 4 is 37.5 Å². The van der Waals surface area contributed by atoms with Gasteiger partial charge in [0.05, 0.1) is 10.2 Å². The quantitative estimate of drug-likeness (QED) is 0.737. The molecule has 0 aromatic heterocycles. The van der Waals surface area contributed by atoms with Crippen molar-refractivity contribution in [3.8, 4) is 0 Å². The van der Waals surface area contributed by atoms with E-state index in [-0.39, 0.29) is 8.78 Å². The molecule has 1 aliphatic rings. The second kappa shape index (κ2) is 3.74. The molecule has 1 aromatic rings. The highest BCUT2D eigenvalue weighted by Gasteiger charge is 2.61. The van der Waals surface area contributed by atoms with Gasteiger partial charge in [0.2, 0.25) is 0 Å². The van der Waals surface area contributed by atoms with E-state index < -0.39 is 38.0 Å². The summed E-state index contributed by atoms with van der Waals surface area (Å²) in [4.78, 5) is 11.7. The zero-order chi connectivity index (χ0) is 13.9. The minimum absolute atomic E-state index is 0.145. The van der Waals surface area contributed by atoms with Gasteiger partial charge >= 0.3 is 0 Å². The molecule has 1 amide bonds. The molecule has 0 atom stereocenters. The predicted octanol–water partition coefficient (Wildman–Crippen LogP) is 2.18. The van der Waals surface area contributed by atoms with Crippen LogP contribution in [-0.4, -0.2) is 19.1 Å². The monoisotopic (exact) mass is 339 g/mol. The van der Waals surface area contributed by atoms with E-state index in [9.17, 15) is 22.0 Å². The number of anilines is 1. The van der Waals surface area contributed by atoms with Crippen LogP contribution in [-0.2, 0) is 14.8 Å². The van der Waals surface area contributed by atoms with Crippen LogP contribution in [0.25, 0.3) is 0 Å². The van der Waals surface area contributed by atoms with E-state index in [4.69, 9.17) is 0 Å². The average molecular weight is 340 g/mol. The van der Waals surface area contributed by atoms with Crippen LogP contribution in [0.2, 0.25) is 0 Å². The Morgan fingerprint density at radius 1 is 1.22 bits per heavy atom. The third-order valence-electron chi connectivity index (χ3n) is 2.79. The van der Waals surface area contributed by atoms with Gasteiger partial charge in [0.25, 0.3) is 15.9 Å². The zero-order valence-electron chi connectivity index (χ0n) is 9.37. The maximum absolute atomic E-state index is 13.6. The molecule has 1 aliphatic heterocycles. The Bertz CT molecular complexity index is 657. The first-order chi connectivity index (χ1) is 8.10. The second-order valence-corrected chi connectivity index (χ2v) is 7.49. The van der Waals surface area contributed by atoms with E-state index in [0.717, 1.165) is 6.07 Å². The first-order valence-electron chi connectivity index (χ1n) is 4.84. The summed E-state index contributed by atoms with van der Waals surface area (Å²) >= 11 is 2.77. The van der Waals surface area contributed by atoms with Gasteiger partial charge in [-0.25, -0.2) is 21.5 Å². The Morgan fingerprint density at radius 2 is 1.78 bits per heavy atom. The van der Waals surface area contributed by atoms with Crippen molar-refractivity contribution in [3.63, 3.8) is 0 Å². The molecular weight excluding hydrogens is 332 g/mol. The molecule has 2 rings (SSSR count). The van der Waals surface area contributed by atoms with Crippen LogP contribution in [0, 0.1) is 11.6 Å². The Labute approximate surface area is 111 Å². The second-order valence-electron chi connectivity index (χ2n) is 4.30. The van der Waals surface area contributed by atoms with Crippen molar-refractivity contribution < 1.29 is 22.0 Å². The molecule has 18 heavy (non-hydrogen) atoms. The molecule has 1 fully saturated rings. The van der Waals surface area contributed by atoms with Crippen LogP contribution in [0.4, 0.5) is 14.5 Å². The van der Waals surface area contributed by atoms with Crippen LogP contribution >= 0.6 is 15.9 Å². The number of nitrogens with zero attached hydrogens (tertiary/aromatic N) is 1. The Hall–Kier alpha value is -1.02. The van der Waals surface area contributed by atoms with Crippen LogP contribution < -0.4 is 4.31 Å². The van der Waals surface area contributed by atoms with Gasteiger partial charge < -0.3 is 0 Å². The summed E-state index contributed by atoms with van der Waals surface area (Å²) in [5.41, 5.74) is -0.597. The highest BCUT2D eigenvalue weighted by molar-refractivity contribution is 9.10. The molecule has 8 heteroatoms. The highest BCUT2D eigenvalue weighted by Crippen LogP contribution is 2.41. The molecular formula is C10H8BrF2NO3S. The van der Waals surface area contributed by atoms with E-state index in [1.807, 2.05) is 0 Å². The molecule has 0 radical (unpaired) electrons. The number of carbonyl (C=O) groups excluding carboxylic acids is 1. The van der Waals surface area contributed by atoms with E-state index in [0.29, 0.717) is 6.07 Å². The Kier molecular flexibility index (Phi) is 2.78. The van der Waals surface area contributed by atoms with Crippen molar-refractivity contribution in [3.05, 3.63) is 28.2 Å². The standard InChI is InChI=1S/C10H8BrF2NO3S/c1-10(2)9(15)14(18(10,16)17)8-4-6(12)5(11)3-7(8)13/h3-4H,1-2H3. The fraction of sp³-hybridized carbons (Fsp3) is 0.300. The summed E-state index contributed by atoms with van der Waals surface area (Å²) in [6.07, 6.45) is 0. The summed E-state index contributed by atoms with van der Waals surface area (Å²) in [5.74, 6) is -2.63. The molecule has 0 saturated carbocycles. The molecule has 0 aliphatic carbocycles. The molecule has 1 aromatic carbocycles.